The molecule has 0 aliphatic carbocycles. The Morgan fingerprint density at radius 2 is 0.536 bits per heavy atom. The molecule has 9 aromatic rings. The maximum atomic E-state index is 11.5. The lowest BCUT2D eigenvalue weighted by molar-refractivity contribution is 0.425. The molecule has 4 N–H and O–H groups in total. The fraction of sp³-hybridized carbons (Fsp3) is 0.0800. The second kappa shape index (κ2) is 11.2. The van der Waals surface area contributed by atoms with Crippen LogP contribution in [0.5, 0.6) is 46.0 Å². The van der Waals surface area contributed by atoms with E-state index in [1.165, 1.54) is 0 Å². The van der Waals surface area contributed by atoms with Crippen LogP contribution in [0.3, 0.4) is 0 Å². The smallest absolute Gasteiger partial charge is 0.140 e. The molecule has 9 aromatic carbocycles. The maximum absolute atomic E-state index is 11.5. The number of hydrogen-bond donors (Lipinski definition) is 4. The van der Waals surface area contributed by atoms with Gasteiger partial charge in [0.1, 0.15) is 46.0 Å². The minimum absolute atomic E-state index is 0.140. The number of phenolic OH excluding ortho intramolecular Hbond substituents is 4. The lowest BCUT2D eigenvalue weighted by Crippen LogP contribution is -2.31. The van der Waals surface area contributed by atoms with Gasteiger partial charge in [-0.3, -0.25) is 0 Å². The predicted molar refractivity (Wildman–Crippen MR) is 220 cm³/mol. The van der Waals surface area contributed by atoms with Crippen LogP contribution in [0.1, 0.15) is 47.2 Å². The van der Waals surface area contributed by atoms with Crippen LogP contribution in [-0.2, 0) is 10.8 Å². The van der Waals surface area contributed by atoms with Gasteiger partial charge >= 0.3 is 0 Å². The molecule has 2 aliphatic rings. The third kappa shape index (κ3) is 4.10. The van der Waals surface area contributed by atoms with Crippen LogP contribution in [0.15, 0.2) is 146 Å². The van der Waals surface area contributed by atoms with E-state index in [-0.39, 0.29) is 23.0 Å². The third-order valence-electron chi connectivity index (χ3n) is 12.5. The molecular formula is C50H34O6. The topological polar surface area (TPSA) is 99.4 Å². The van der Waals surface area contributed by atoms with Crippen molar-refractivity contribution in [2.24, 2.45) is 0 Å². The summed E-state index contributed by atoms with van der Waals surface area (Å²) in [6.07, 6.45) is 0. The summed E-state index contributed by atoms with van der Waals surface area (Å²) in [6.45, 7) is 4.22. The van der Waals surface area contributed by atoms with Crippen molar-refractivity contribution < 1.29 is 29.9 Å². The van der Waals surface area contributed by atoms with Gasteiger partial charge in [0, 0.05) is 76.2 Å². The van der Waals surface area contributed by atoms with E-state index in [0.717, 1.165) is 54.9 Å². The number of fused-ring (bicyclic) bond motifs is 12. The van der Waals surface area contributed by atoms with E-state index in [9.17, 15) is 20.4 Å². The molecule has 11 rings (SSSR count). The Hall–Kier alpha value is -7.18. The molecule has 6 heteroatoms. The summed E-state index contributed by atoms with van der Waals surface area (Å²) in [5.74, 6) is 3.16. The summed E-state index contributed by atoms with van der Waals surface area (Å²) in [7, 11) is 0. The summed E-state index contributed by atoms with van der Waals surface area (Å²) < 4.78 is 13.7. The first-order chi connectivity index (χ1) is 27.2. The zero-order chi connectivity index (χ0) is 38.1. The number of hydrogen-bond acceptors (Lipinski definition) is 6. The number of aromatic hydroxyl groups is 4. The van der Waals surface area contributed by atoms with Gasteiger partial charge < -0.3 is 29.9 Å². The zero-order valence-electron chi connectivity index (χ0n) is 30.5. The molecule has 0 atom stereocenters. The average Bonchev–Trinajstić information content (AvgIpc) is 3.23. The number of phenols is 4. The van der Waals surface area contributed by atoms with Gasteiger partial charge in [0.15, 0.2) is 0 Å². The summed E-state index contributed by atoms with van der Waals surface area (Å²) in [6, 6.07) is 46.3. The van der Waals surface area contributed by atoms with Gasteiger partial charge in [-0.15, -0.1) is 0 Å². The molecule has 56 heavy (non-hydrogen) atoms. The molecule has 0 saturated heterocycles. The van der Waals surface area contributed by atoms with Gasteiger partial charge in [-0.25, -0.2) is 0 Å². The van der Waals surface area contributed by atoms with Gasteiger partial charge in [0.25, 0.3) is 0 Å². The molecule has 0 saturated carbocycles. The van der Waals surface area contributed by atoms with E-state index in [1.54, 1.807) is 24.3 Å². The molecule has 0 unspecified atom stereocenters. The van der Waals surface area contributed by atoms with Crippen LogP contribution < -0.4 is 9.47 Å². The van der Waals surface area contributed by atoms with E-state index in [2.05, 4.69) is 38.1 Å². The van der Waals surface area contributed by atoms with Gasteiger partial charge in [-0.1, -0.05) is 121 Å². The Morgan fingerprint density at radius 1 is 0.321 bits per heavy atom. The Morgan fingerprint density at radius 3 is 0.768 bits per heavy atom. The molecule has 270 valence electrons. The van der Waals surface area contributed by atoms with Crippen molar-refractivity contribution in [2.45, 2.75) is 24.7 Å². The zero-order valence-corrected chi connectivity index (χ0v) is 30.5. The monoisotopic (exact) mass is 730 g/mol. The first-order valence-electron chi connectivity index (χ1n) is 18.7. The second-order valence-electron chi connectivity index (χ2n) is 15.3. The van der Waals surface area contributed by atoms with Crippen molar-refractivity contribution in [3.63, 3.8) is 0 Å². The summed E-state index contributed by atoms with van der Waals surface area (Å²) in [5, 5.41) is 51.7. The minimum atomic E-state index is -0.889. The van der Waals surface area contributed by atoms with Crippen LogP contribution in [-0.4, -0.2) is 20.4 Å². The lowest BCUT2D eigenvalue weighted by Gasteiger charge is -2.41. The summed E-state index contributed by atoms with van der Waals surface area (Å²) in [4.78, 5) is 0. The Kier molecular flexibility index (Phi) is 6.44. The van der Waals surface area contributed by atoms with Crippen molar-refractivity contribution in [1.29, 1.82) is 0 Å². The first kappa shape index (κ1) is 32.3. The first-order valence-corrected chi connectivity index (χ1v) is 18.7. The highest BCUT2D eigenvalue weighted by Gasteiger charge is 2.45. The predicted octanol–water partition coefficient (Wildman–Crippen LogP) is 12.0. The molecule has 0 aromatic heterocycles. The van der Waals surface area contributed by atoms with Crippen molar-refractivity contribution in [2.75, 3.05) is 0 Å². The molecule has 2 aliphatic heterocycles. The Labute approximate surface area is 321 Å². The molecule has 0 spiro atoms. The van der Waals surface area contributed by atoms with Gasteiger partial charge in [0.2, 0.25) is 0 Å². The lowest BCUT2D eigenvalue weighted by atomic mass is 9.65. The minimum Gasteiger partial charge on any atom is -0.507 e. The van der Waals surface area contributed by atoms with Gasteiger partial charge in [0.05, 0.1) is 0 Å². The highest BCUT2D eigenvalue weighted by atomic mass is 16.5. The van der Waals surface area contributed by atoms with Crippen LogP contribution >= 0.6 is 0 Å². The quantitative estimate of drug-likeness (QED) is 0.141. The number of benzene rings is 9. The second-order valence-corrected chi connectivity index (χ2v) is 15.3. The molecule has 2 heterocycles. The van der Waals surface area contributed by atoms with Crippen molar-refractivity contribution >= 4 is 43.1 Å². The van der Waals surface area contributed by atoms with E-state index >= 15 is 0 Å². The van der Waals surface area contributed by atoms with Gasteiger partial charge in [-0.05, 0) is 49.2 Å². The maximum Gasteiger partial charge on any atom is 0.140 e. The fourth-order valence-electron chi connectivity index (χ4n) is 9.50. The van der Waals surface area contributed by atoms with Crippen molar-refractivity contribution in [3.05, 3.63) is 179 Å². The standard InChI is InChI=1S/C50H34O6/c1-49(37-23-41(51)29-11-3-7-15-33(29)45(37)55-46-34-16-8-4-12-30(34)42(52)24-38(46)49)27-19-21-28(22-20-27)50(2)39-25-43(53)31-13-5-9-17-35(31)47(39)56-48-36-18-10-6-14-32(36)44(54)26-40(48)50/h3-26,51-54H,1-2H3. The largest absolute Gasteiger partial charge is 0.507 e. The van der Waals surface area contributed by atoms with Crippen LogP contribution in [0.2, 0.25) is 0 Å². The van der Waals surface area contributed by atoms with Gasteiger partial charge in [-0.2, -0.15) is 0 Å². The molecule has 6 nitrogen and oxygen atoms in total. The van der Waals surface area contributed by atoms with E-state index in [0.29, 0.717) is 44.5 Å². The number of ether oxygens (including phenoxy) is 2. The normalized spacial score (nSPS) is 14.8. The van der Waals surface area contributed by atoms with Crippen LogP contribution in [0.25, 0.3) is 43.1 Å². The Bertz CT molecular complexity index is 2770. The van der Waals surface area contributed by atoms with E-state index < -0.39 is 10.8 Å². The molecule has 0 fully saturated rings. The third-order valence-corrected chi connectivity index (χ3v) is 12.5. The van der Waals surface area contributed by atoms with Crippen molar-refractivity contribution in [1.82, 2.24) is 0 Å². The Balaban J connectivity index is 1.18. The highest BCUT2D eigenvalue weighted by Crippen LogP contribution is 2.60. The fourth-order valence-corrected chi connectivity index (χ4v) is 9.50. The van der Waals surface area contributed by atoms with E-state index in [1.807, 2.05) is 97.1 Å². The van der Waals surface area contributed by atoms with Crippen LogP contribution in [0, 0.1) is 0 Å². The molecular weight excluding hydrogens is 697 g/mol. The summed E-state index contributed by atoms with van der Waals surface area (Å²) in [5.41, 5.74) is 3.12. The molecule has 0 bridgehead atoms. The number of rotatable bonds is 2. The summed E-state index contributed by atoms with van der Waals surface area (Å²) >= 11 is 0. The van der Waals surface area contributed by atoms with Crippen LogP contribution in [0.4, 0.5) is 0 Å². The van der Waals surface area contributed by atoms with E-state index in [4.69, 9.17) is 9.47 Å². The molecule has 0 radical (unpaired) electrons. The van der Waals surface area contributed by atoms with Crippen molar-refractivity contribution in [3.8, 4) is 46.0 Å². The average molecular weight is 731 g/mol. The highest BCUT2D eigenvalue weighted by molar-refractivity contribution is 6.02. The molecule has 0 amide bonds. The SMILES string of the molecule is CC1(c2ccc(C3(C)c4cc(O)c5ccccc5c4Oc4c3cc(O)c3ccccc43)cc2)c2cc(O)c3ccccc3c2Oc2c1cc(O)c1ccccc21.